The van der Waals surface area contributed by atoms with E-state index < -0.39 is 0 Å². The third-order valence-electron chi connectivity index (χ3n) is 1.43. The zero-order chi connectivity index (χ0) is 8.97. The Morgan fingerprint density at radius 3 is 3.08 bits per heavy atom. The quantitative estimate of drug-likeness (QED) is 0.679. The van der Waals surface area contributed by atoms with Crippen LogP contribution < -0.4 is 5.32 Å². The molecule has 0 unspecified atom stereocenters. The number of furan rings is 1. The predicted octanol–water partition coefficient (Wildman–Crippen LogP) is 0.786. The van der Waals surface area contributed by atoms with Crippen molar-refractivity contribution >= 4 is 5.97 Å². The van der Waals surface area contributed by atoms with Crippen molar-refractivity contribution in [3.8, 4) is 0 Å². The van der Waals surface area contributed by atoms with E-state index in [1.807, 2.05) is 0 Å². The summed E-state index contributed by atoms with van der Waals surface area (Å²) in [5.41, 5.74) is 0.447. The summed E-state index contributed by atoms with van der Waals surface area (Å²) in [6, 6.07) is 1.66. The van der Waals surface area contributed by atoms with E-state index in [1.165, 1.54) is 13.4 Å². The van der Waals surface area contributed by atoms with Gasteiger partial charge in [0.05, 0.1) is 19.2 Å². The number of carbonyl (C=O) groups excluding carboxylic acids is 1. The maximum atomic E-state index is 10.9. The van der Waals surface area contributed by atoms with Gasteiger partial charge in [0, 0.05) is 0 Å². The van der Waals surface area contributed by atoms with Crippen LogP contribution in [0.3, 0.4) is 0 Å². The van der Waals surface area contributed by atoms with Crippen molar-refractivity contribution in [2.45, 2.75) is 6.54 Å². The molecular weight excluding hydrogens is 158 g/mol. The Kier molecular flexibility index (Phi) is 2.88. The first kappa shape index (κ1) is 8.80. The van der Waals surface area contributed by atoms with Crippen molar-refractivity contribution in [1.82, 2.24) is 5.32 Å². The summed E-state index contributed by atoms with van der Waals surface area (Å²) in [7, 11) is 3.15. The Balaban J connectivity index is 2.70. The van der Waals surface area contributed by atoms with Gasteiger partial charge in [0.15, 0.2) is 0 Å². The molecule has 0 aliphatic carbocycles. The number of nitrogens with one attached hydrogen (secondary N) is 1. The van der Waals surface area contributed by atoms with Crippen LogP contribution >= 0.6 is 0 Å². The molecule has 0 amide bonds. The minimum Gasteiger partial charge on any atom is -0.467 e. The van der Waals surface area contributed by atoms with Crippen molar-refractivity contribution in [1.29, 1.82) is 0 Å². The number of carbonyl (C=O) groups is 1. The van der Waals surface area contributed by atoms with E-state index in [0.717, 1.165) is 5.76 Å². The fourth-order valence-corrected chi connectivity index (χ4v) is 0.872. The van der Waals surface area contributed by atoms with E-state index >= 15 is 0 Å². The number of methoxy groups -OCH3 is 1. The van der Waals surface area contributed by atoms with Crippen LogP contribution in [0.4, 0.5) is 0 Å². The van der Waals surface area contributed by atoms with Gasteiger partial charge >= 0.3 is 5.97 Å². The standard InChI is InChI=1S/C8H11NO3/c1-9-4-7-3-6(5-12-7)8(10)11-2/h3,5,9H,4H2,1-2H3. The second-order valence-corrected chi connectivity index (χ2v) is 2.32. The normalized spacial score (nSPS) is 9.83. The minimum atomic E-state index is -0.374. The van der Waals surface area contributed by atoms with Crippen LogP contribution in [0.15, 0.2) is 16.7 Å². The van der Waals surface area contributed by atoms with Gasteiger partial charge in [0.2, 0.25) is 0 Å². The van der Waals surface area contributed by atoms with Crippen LogP contribution in [0.25, 0.3) is 0 Å². The van der Waals surface area contributed by atoms with E-state index in [-0.39, 0.29) is 5.97 Å². The van der Waals surface area contributed by atoms with Gasteiger partial charge in [-0.25, -0.2) is 4.79 Å². The Labute approximate surface area is 70.5 Å². The Morgan fingerprint density at radius 1 is 1.75 bits per heavy atom. The molecule has 0 atom stereocenters. The molecule has 0 spiro atoms. The zero-order valence-corrected chi connectivity index (χ0v) is 7.09. The second kappa shape index (κ2) is 3.92. The first-order chi connectivity index (χ1) is 5.77. The molecule has 12 heavy (non-hydrogen) atoms. The molecule has 0 bridgehead atoms. The molecule has 1 aromatic rings. The molecule has 1 rings (SSSR count). The SMILES string of the molecule is CNCc1cc(C(=O)OC)co1. The van der Waals surface area contributed by atoms with Gasteiger partial charge in [-0.05, 0) is 13.1 Å². The maximum Gasteiger partial charge on any atom is 0.341 e. The van der Waals surface area contributed by atoms with E-state index in [1.54, 1.807) is 13.1 Å². The summed E-state index contributed by atoms with van der Waals surface area (Å²) in [5.74, 6) is 0.346. The molecule has 4 nitrogen and oxygen atoms in total. The summed E-state index contributed by atoms with van der Waals surface area (Å²) in [6.07, 6.45) is 1.39. The molecule has 0 aromatic carbocycles. The Bertz CT molecular complexity index is 267. The molecule has 1 aromatic heterocycles. The molecule has 4 heteroatoms. The topological polar surface area (TPSA) is 51.5 Å². The van der Waals surface area contributed by atoms with Gasteiger partial charge in [-0.15, -0.1) is 0 Å². The van der Waals surface area contributed by atoms with E-state index in [0.29, 0.717) is 12.1 Å². The zero-order valence-electron chi connectivity index (χ0n) is 7.09. The number of esters is 1. The van der Waals surface area contributed by atoms with Gasteiger partial charge in [0.1, 0.15) is 12.0 Å². The van der Waals surface area contributed by atoms with Crippen LogP contribution in [0, 0.1) is 0 Å². The van der Waals surface area contributed by atoms with Gasteiger partial charge in [-0.2, -0.15) is 0 Å². The van der Waals surface area contributed by atoms with Gasteiger partial charge in [0.25, 0.3) is 0 Å². The van der Waals surface area contributed by atoms with Crippen molar-refractivity contribution in [2.24, 2.45) is 0 Å². The van der Waals surface area contributed by atoms with Crippen LogP contribution in [0.5, 0.6) is 0 Å². The van der Waals surface area contributed by atoms with Crippen LogP contribution in [-0.4, -0.2) is 20.1 Å². The lowest BCUT2D eigenvalue weighted by atomic mass is 10.3. The third kappa shape index (κ3) is 1.85. The molecule has 0 saturated carbocycles. The highest BCUT2D eigenvalue weighted by Gasteiger charge is 2.08. The summed E-state index contributed by atoms with van der Waals surface area (Å²) < 4.78 is 9.57. The number of hydrogen-bond donors (Lipinski definition) is 1. The summed E-state index contributed by atoms with van der Waals surface area (Å²) in [4.78, 5) is 10.9. The van der Waals surface area contributed by atoms with E-state index in [2.05, 4.69) is 10.1 Å². The highest BCUT2D eigenvalue weighted by molar-refractivity contribution is 5.88. The molecule has 0 aliphatic heterocycles. The summed E-state index contributed by atoms with van der Waals surface area (Å²) in [5, 5.41) is 2.91. The maximum absolute atomic E-state index is 10.9. The highest BCUT2D eigenvalue weighted by Crippen LogP contribution is 2.08. The van der Waals surface area contributed by atoms with Gasteiger partial charge < -0.3 is 14.5 Å². The van der Waals surface area contributed by atoms with Gasteiger partial charge in [-0.3, -0.25) is 0 Å². The highest BCUT2D eigenvalue weighted by atomic mass is 16.5. The Morgan fingerprint density at radius 2 is 2.50 bits per heavy atom. The molecule has 0 saturated heterocycles. The summed E-state index contributed by atoms with van der Waals surface area (Å²) in [6.45, 7) is 0.608. The molecular formula is C8H11NO3. The monoisotopic (exact) mass is 169 g/mol. The predicted molar refractivity (Wildman–Crippen MR) is 42.8 cm³/mol. The largest absolute Gasteiger partial charge is 0.467 e. The molecule has 1 heterocycles. The van der Waals surface area contributed by atoms with Crippen molar-refractivity contribution in [3.05, 3.63) is 23.7 Å². The lowest BCUT2D eigenvalue weighted by molar-refractivity contribution is 0.0600. The van der Waals surface area contributed by atoms with Crippen molar-refractivity contribution in [3.63, 3.8) is 0 Å². The molecule has 0 fully saturated rings. The molecule has 66 valence electrons. The van der Waals surface area contributed by atoms with Crippen molar-refractivity contribution in [2.75, 3.05) is 14.2 Å². The molecule has 1 N–H and O–H groups in total. The number of rotatable bonds is 3. The fraction of sp³-hybridized carbons (Fsp3) is 0.375. The number of hydrogen-bond acceptors (Lipinski definition) is 4. The smallest absolute Gasteiger partial charge is 0.341 e. The number of ether oxygens (including phenoxy) is 1. The first-order valence-electron chi connectivity index (χ1n) is 3.58. The third-order valence-corrected chi connectivity index (χ3v) is 1.43. The van der Waals surface area contributed by atoms with Crippen molar-refractivity contribution < 1.29 is 13.9 Å². The fourth-order valence-electron chi connectivity index (χ4n) is 0.872. The van der Waals surface area contributed by atoms with E-state index in [4.69, 9.17) is 4.42 Å². The molecule has 0 radical (unpaired) electrons. The minimum absolute atomic E-state index is 0.374. The first-order valence-corrected chi connectivity index (χ1v) is 3.58. The van der Waals surface area contributed by atoms with Gasteiger partial charge in [-0.1, -0.05) is 0 Å². The van der Waals surface area contributed by atoms with Crippen LogP contribution in [0.2, 0.25) is 0 Å². The van der Waals surface area contributed by atoms with Crippen LogP contribution in [-0.2, 0) is 11.3 Å². The average molecular weight is 169 g/mol. The second-order valence-electron chi connectivity index (χ2n) is 2.32. The van der Waals surface area contributed by atoms with Crippen LogP contribution in [0.1, 0.15) is 16.1 Å². The lowest BCUT2D eigenvalue weighted by Gasteiger charge is -1.91. The molecule has 0 aliphatic rings. The van der Waals surface area contributed by atoms with E-state index in [9.17, 15) is 4.79 Å². The average Bonchev–Trinajstić information content (AvgIpc) is 2.52. The summed E-state index contributed by atoms with van der Waals surface area (Å²) >= 11 is 0. The Hall–Kier alpha value is -1.29. The lowest BCUT2D eigenvalue weighted by Crippen LogP contribution is -2.04.